The minimum atomic E-state index is -3.56. The minimum Gasteiger partial charge on any atom is -0.395 e. The first-order valence-corrected chi connectivity index (χ1v) is 9.79. The van der Waals surface area contributed by atoms with Crippen LogP contribution in [0, 0.1) is 6.92 Å². The highest BCUT2D eigenvalue weighted by atomic mass is 32.2. The number of rotatable bonds is 8. The molecule has 7 heteroatoms. The van der Waals surface area contributed by atoms with Gasteiger partial charge in [-0.2, -0.15) is 11.8 Å². The molecule has 0 aliphatic rings. The van der Waals surface area contributed by atoms with Crippen LogP contribution in [-0.2, 0) is 10.0 Å². The molecule has 2 N–H and O–H groups in total. The predicted molar refractivity (Wildman–Crippen MR) is 83.2 cm³/mol. The summed E-state index contributed by atoms with van der Waals surface area (Å²) in [5.41, 5.74) is 1.01. The van der Waals surface area contributed by atoms with Crippen LogP contribution in [0.3, 0.4) is 0 Å². The van der Waals surface area contributed by atoms with Crippen LogP contribution in [0.4, 0.5) is 0 Å². The van der Waals surface area contributed by atoms with E-state index in [0.29, 0.717) is 5.75 Å². The molecule has 0 aliphatic heterocycles. The first kappa shape index (κ1) is 16.8. The molecule has 19 heavy (non-hydrogen) atoms. The number of thioether (sulfide) groups is 2. The zero-order valence-corrected chi connectivity index (χ0v) is 13.4. The lowest BCUT2D eigenvalue weighted by Crippen LogP contribution is -2.39. The summed E-state index contributed by atoms with van der Waals surface area (Å²) in [6.45, 7) is 1.70. The molecule has 0 saturated heterocycles. The van der Waals surface area contributed by atoms with E-state index in [-0.39, 0.29) is 11.5 Å². The van der Waals surface area contributed by atoms with E-state index in [1.807, 2.05) is 13.2 Å². The van der Waals surface area contributed by atoms with Crippen molar-refractivity contribution < 1.29 is 13.5 Å². The van der Waals surface area contributed by atoms with Gasteiger partial charge in [0, 0.05) is 10.8 Å². The standard InChI is InChI=1S/C12H19NO3S3/c1-10-3-5-12(6-4-10)19(15,16)13-11(7-14)8-18-9-17-2/h3-6,11,13-14H,7-9H2,1-2H3. The molecule has 0 radical (unpaired) electrons. The van der Waals surface area contributed by atoms with Gasteiger partial charge in [0.1, 0.15) is 0 Å². The Morgan fingerprint density at radius 1 is 1.32 bits per heavy atom. The fraction of sp³-hybridized carbons (Fsp3) is 0.500. The largest absolute Gasteiger partial charge is 0.395 e. The summed E-state index contributed by atoms with van der Waals surface area (Å²) in [7, 11) is -3.56. The van der Waals surface area contributed by atoms with E-state index >= 15 is 0 Å². The van der Waals surface area contributed by atoms with E-state index in [9.17, 15) is 13.5 Å². The van der Waals surface area contributed by atoms with Gasteiger partial charge in [-0.1, -0.05) is 17.7 Å². The number of benzene rings is 1. The van der Waals surface area contributed by atoms with Gasteiger partial charge in [0.2, 0.25) is 10.0 Å². The molecule has 0 saturated carbocycles. The molecule has 0 amide bonds. The molecule has 0 fully saturated rings. The Hall–Kier alpha value is -0.210. The van der Waals surface area contributed by atoms with E-state index in [1.165, 1.54) is 0 Å². The Morgan fingerprint density at radius 2 is 1.95 bits per heavy atom. The van der Waals surface area contributed by atoms with Crippen LogP contribution in [0.5, 0.6) is 0 Å². The van der Waals surface area contributed by atoms with Crippen LogP contribution in [0.2, 0.25) is 0 Å². The average Bonchev–Trinajstić information content (AvgIpc) is 2.38. The quantitative estimate of drug-likeness (QED) is 0.563. The van der Waals surface area contributed by atoms with Gasteiger partial charge in [-0.05, 0) is 25.3 Å². The summed E-state index contributed by atoms with van der Waals surface area (Å²) >= 11 is 3.27. The van der Waals surface area contributed by atoms with Gasteiger partial charge in [0.15, 0.2) is 0 Å². The molecule has 1 aromatic rings. The van der Waals surface area contributed by atoms with Crippen molar-refractivity contribution in [2.24, 2.45) is 0 Å². The second-order valence-corrected chi connectivity index (χ2v) is 8.07. The monoisotopic (exact) mass is 321 g/mol. The average molecular weight is 321 g/mol. The summed E-state index contributed by atoms with van der Waals surface area (Å²) < 4.78 is 26.7. The SMILES string of the molecule is CSCSCC(CO)NS(=O)(=O)c1ccc(C)cc1. The van der Waals surface area contributed by atoms with Crippen LogP contribution in [0.25, 0.3) is 0 Å². The molecule has 0 bridgehead atoms. The lowest BCUT2D eigenvalue weighted by molar-refractivity contribution is 0.267. The number of hydrogen-bond acceptors (Lipinski definition) is 5. The van der Waals surface area contributed by atoms with E-state index in [2.05, 4.69) is 4.72 Å². The van der Waals surface area contributed by atoms with Gasteiger partial charge >= 0.3 is 0 Å². The highest BCUT2D eigenvalue weighted by molar-refractivity contribution is 8.15. The summed E-state index contributed by atoms with van der Waals surface area (Å²) in [4.78, 5) is 0.228. The third kappa shape index (κ3) is 5.74. The summed E-state index contributed by atoms with van der Waals surface area (Å²) in [6.07, 6.45) is 1.98. The molecule has 0 heterocycles. The Balaban J connectivity index is 2.69. The molecular weight excluding hydrogens is 302 g/mol. The van der Waals surface area contributed by atoms with Gasteiger partial charge in [0.25, 0.3) is 0 Å². The minimum absolute atomic E-state index is 0.202. The van der Waals surface area contributed by atoms with Crippen molar-refractivity contribution in [2.75, 3.05) is 23.7 Å². The normalized spacial score (nSPS) is 13.4. The fourth-order valence-electron chi connectivity index (χ4n) is 1.40. The smallest absolute Gasteiger partial charge is 0.240 e. The van der Waals surface area contributed by atoms with Gasteiger partial charge < -0.3 is 5.11 Å². The maximum Gasteiger partial charge on any atom is 0.240 e. The first-order valence-electron chi connectivity index (χ1n) is 5.76. The van der Waals surface area contributed by atoms with Crippen molar-refractivity contribution >= 4 is 33.5 Å². The van der Waals surface area contributed by atoms with Gasteiger partial charge in [-0.25, -0.2) is 13.1 Å². The molecule has 1 atom stereocenters. The van der Waals surface area contributed by atoms with Crippen molar-refractivity contribution in [1.29, 1.82) is 0 Å². The topological polar surface area (TPSA) is 66.4 Å². The molecule has 0 aromatic heterocycles. The maximum atomic E-state index is 12.1. The maximum absolute atomic E-state index is 12.1. The molecule has 1 rings (SSSR count). The van der Waals surface area contributed by atoms with Crippen LogP contribution in [0.1, 0.15) is 5.56 Å². The highest BCUT2D eigenvalue weighted by Gasteiger charge is 2.19. The molecule has 108 valence electrons. The van der Waals surface area contributed by atoms with E-state index in [4.69, 9.17) is 0 Å². The van der Waals surface area contributed by atoms with Crippen LogP contribution >= 0.6 is 23.5 Å². The van der Waals surface area contributed by atoms with Crippen molar-refractivity contribution in [3.8, 4) is 0 Å². The summed E-state index contributed by atoms with van der Waals surface area (Å²) in [5.74, 6) is 0.558. The second kappa shape index (κ2) is 8.16. The number of aryl methyl sites for hydroxylation is 1. The summed E-state index contributed by atoms with van der Waals surface area (Å²) in [5, 5.41) is 10.1. The molecule has 1 unspecified atom stereocenters. The number of nitrogens with one attached hydrogen (secondary N) is 1. The van der Waals surface area contributed by atoms with Gasteiger partial charge in [0.05, 0.1) is 17.5 Å². The number of aliphatic hydroxyl groups is 1. The Bertz CT molecular complexity index is 473. The third-order valence-electron chi connectivity index (χ3n) is 2.39. The van der Waals surface area contributed by atoms with Gasteiger partial charge in [-0.3, -0.25) is 0 Å². The van der Waals surface area contributed by atoms with Gasteiger partial charge in [-0.15, -0.1) is 11.8 Å². The van der Waals surface area contributed by atoms with Crippen LogP contribution < -0.4 is 4.72 Å². The van der Waals surface area contributed by atoms with Crippen molar-refractivity contribution in [3.63, 3.8) is 0 Å². The van der Waals surface area contributed by atoms with E-state index in [0.717, 1.165) is 10.6 Å². The zero-order chi connectivity index (χ0) is 14.3. The molecular formula is C12H19NO3S3. The van der Waals surface area contributed by atoms with Crippen LogP contribution in [0.15, 0.2) is 29.2 Å². The van der Waals surface area contributed by atoms with Crippen LogP contribution in [-0.4, -0.2) is 43.3 Å². The Kier molecular flexibility index (Phi) is 7.23. The van der Waals surface area contributed by atoms with E-state index in [1.54, 1.807) is 47.8 Å². The zero-order valence-electron chi connectivity index (χ0n) is 11.0. The third-order valence-corrected chi connectivity index (χ3v) is 6.18. The highest BCUT2D eigenvalue weighted by Crippen LogP contribution is 2.13. The molecule has 0 spiro atoms. The Morgan fingerprint density at radius 3 is 2.47 bits per heavy atom. The van der Waals surface area contributed by atoms with Crippen molar-refractivity contribution in [1.82, 2.24) is 4.72 Å². The second-order valence-electron chi connectivity index (χ2n) is 4.09. The van der Waals surface area contributed by atoms with Crippen molar-refractivity contribution in [3.05, 3.63) is 29.8 Å². The number of sulfonamides is 1. The molecule has 1 aromatic carbocycles. The lowest BCUT2D eigenvalue weighted by Gasteiger charge is -2.16. The Labute approximate surface area is 123 Å². The predicted octanol–water partition coefficient (Wildman–Crippen LogP) is 1.69. The lowest BCUT2D eigenvalue weighted by atomic mass is 10.2. The fourth-order valence-corrected chi connectivity index (χ4v) is 4.26. The molecule has 0 aliphatic carbocycles. The number of aliphatic hydroxyl groups excluding tert-OH is 1. The van der Waals surface area contributed by atoms with Crippen molar-refractivity contribution in [2.45, 2.75) is 17.9 Å². The molecule has 4 nitrogen and oxygen atoms in total. The first-order chi connectivity index (χ1) is 8.99. The summed E-state index contributed by atoms with van der Waals surface area (Å²) in [6, 6.07) is 6.20. The van der Waals surface area contributed by atoms with E-state index < -0.39 is 16.1 Å². The number of hydrogen-bond donors (Lipinski definition) is 2.